The van der Waals surface area contributed by atoms with Crippen molar-refractivity contribution in [2.24, 2.45) is 0 Å². The highest BCUT2D eigenvalue weighted by Crippen LogP contribution is 2.29. The third-order valence-electron chi connectivity index (χ3n) is 5.22. The fraction of sp³-hybridized carbons (Fsp3) is 0.125. The molecule has 4 aromatic rings. The molecule has 0 unspecified atom stereocenters. The lowest BCUT2D eigenvalue weighted by Crippen LogP contribution is -2.17. The lowest BCUT2D eigenvalue weighted by atomic mass is 10.1. The van der Waals surface area contributed by atoms with Crippen LogP contribution in [0.3, 0.4) is 0 Å². The van der Waals surface area contributed by atoms with Gasteiger partial charge >= 0.3 is 0 Å². The molecule has 0 bridgehead atoms. The van der Waals surface area contributed by atoms with Crippen molar-refractivity contribution in [2.75, 3.05) is 17.7 Å². The highest BCUT2D eigenvalue weighted by atomic mass is 16.5. The number of aromatic nitrogens is 5. The van der Waals surface area contributed by atoms with Crippen LogP contribution in [0.25, 0.3) is 23.7 Å². The van der Waals surface area contributed by atoms with Crippen molar-refractivity contribution in [3.8, 4) is 17.3 Å². The van der Waals surface area contributed by atoms with E-state index in [1.54, 1.807) is 31.8 Å². The molecule has 2 N–H and O–H groups in total. The zero-order valence-electron chi connectivity index (χ0n) is 17.5. The quantitative estimate of drug-likeness (QED) is 0.519. The summed E-state index contributed by atoms with van der Waals surface area (Å²) in [5.74, 6) is 2.53. The summed E-state index contributed by atoms with van der Waals surface area (Å²) < 4.78 is 5.34. The molecular formula is C24H21N7O. The van der Waals surface area contributed by atoms with Crippen molar-refractivity contribution in [3.05, 3.63) is 83.4 Å². The van der Waals surface area contributed by atoms with Crippen LogP contribution in [0.2, 0.25) is 0 Å². The van der Waals surface area contributed by atoms with Crippen LogP contribution >= 0.6 is 0 Å². The molecule has 3 aromatic heterocycles. The van der Waals surface area contributed by atoms with Crippen LogP contribution in [-0.2, 0) is 13.1 Å². The minimum Gasteiger partial charge on any atom is -0.497 e. The lowest BCUT2D eigenvalue weighted by Gasteiger charge is -2.15. The summed E-state index contributed by atoms with van der Waals surface area (Å²) in [5, 5.41) is 0. The van der Waals surface area contributed by atoms with Crippen LogP contribution < -0.4 is 15.4 Å². The molecule has 0 spiro atoms. The van der Waals surface area contributed by atoms with Crippen molar-refractivity contribution in [2.45, 2.75) is 13.1 Å². The van der Waals surface area contributed by atoms with Gasteiger partial charge in [-0.2, -0.15) is 0 Å². The zero-order valence-corrected chi connectivity index (χ0v) is 17.5. The van der Waals surface area contributed by atoms with Crippen LogP contribution in [0.1, 0.15) is 22.4 Å². The number of anilines is 2. The molecule has 0 saturated heterocycles. The summed E-state index contributed by atoms with van der Waals surface area (Å²) in [6.45, 7) is 1.48. The van der Waals surface area contributed by atoms with Gasteiger partial charge in [-0.3, -0.25) is 0 Å². The largest absolute Gasteiger partial charge is 0.497 e. The van der Waals surface area contributed by atoms with Gasteiger partial charge in [0, 0.05) is 31.7 Å². The minimum absolute atomic E-state index is 0.478. The molecule has 5 rings (SSSR count). The van der Waals surface area contributed by atoms with Crippen molar-refractivity contribution < 1.29 is 4.74 Å². The average Bonchev–Trinajstić information content (AvgIpc) is 3.26. The second kappa shape index (κ2) is 8.43. The fourth-order valence-electron chi connectivity index (χ4n) is 3.60. The normalized spacial score (nSPS) is 12.8. The van der Waals surface area contributed by atoms with E-state index in [9.17, 15) is 0 Å². The molecule has 8 heteroatoms. The summed E-state index contributed by atoms with van der Waals surface area (Å²) in [6, 6.07) is 13.5. The first-order chi connectivity index (χ1) is 15.7. The molecule has 1 aliphatic heterocycles. The van der Waals surface area contributed by atoms with Crippen LogP contribution in [0.4, 0.5) is 11.8 Å². The first-order valence-corrected chi connectivity index (χ1v) is 10.1. The molecule has 1 aromatic carbocycles. The number of rotatable bonds is 5. The molecule has 1 aliphatic rings. The number of methoxy groups -OCH3 is 1. The van der Waals surface area contributed by atoms with Gasteiger partial charge < -0.3 is 15.4 Å². The van der Waals surface area contributed by atoms with Gasteiger partial charge in [0.25, 0.3) is 0 Å². The van der Waals surface area contributed by atoms with Gasteiger partial charge in [0.15, 0.2) is 5.82 Å². The van der Waals surface area contributed by atoms with E-state index in [1.165, 1.54) is 11.1 Å². The highest BCUT2D eigenvalue weighted by Gasteiger charge is 2.22. The van der Waals surface area contributed by atoms with Gasteiger partial charge in [-0.1, -0.05) is 12.1 Å². The maximum atomic E-state index is 5.74. The van der Waals surface area contributed by atoms with E-state index in [2.05, 4.69) is 37.0 Å². The number of hydrogen-bond donors (Lipinski definition) is 1. The maximum absolute atomic E-state index is 5.74. The Hall–Kier alpha value is -4.33. The molecule has 0 amide bonds. The Bertz CT molecular complexity index is 1310. The highest BCUT2D eigenvalue weighted by molar-refractivity contribution is 5.69. The molecule has 0 atom stereocenters. The van der Waals surface area contributed by atoms with Crippen LogP contribution in [-0.4, -0.2) is 32.0 Å². The lowest BCUT2D eigenvalue weighted by molar-refractivity contribution is 0.414. The molecule has 158 valence electrons. The summed E-state index contributed by atoms with van der Waals surface area (Å²) in [7, 11) is 1.68. The number of ether oxygens (including phenoxy) is 1. The summed E-state index contributed by atoms with van der Waals surface area (Å²) >= 11 is 0. The molecule has 32 heavy (non-hydrogen) atoms. The van der Waals surface area contributed by atoms with Crippen LogP contribution in [0.15, 0.2) is 61.1 Å². The van der Waals surface area contributed by atoms with Crippen LogP contribution in [0, 0.1) is 0 Å². The smallest absolute Gasteiger partial charge is 0.226 e. The number of hydrogen-bond acceptors (Lipinski definition) is 8. The molecule has 0 fully saturated rings. The summed E-state index contributed by atoms with van der Waals surface area (Å²) in [4.78, 5) is 24.4. The summed E-state index contributed by atoms with van der Waals surface area (Å²) in [5.41, 5.74) is 10.6. The van der Waals surface area contributed by atoms with Gasteiger partial charge in [-0.15, -0.1) is 0 Å². The van der Waals surface area contributed by atoms with E-state index in [1.807, 2.05) is 36.4 Å². The van der Waals surface area contributed by atoms with E-state index < -0.39 is 0 Å². The molecule has 0 saturated carbocycles. The number of fused-ring (bicyclic) bond motifs is 1. The number of nitrogen functional groups attached to an aromatic ring is 1. The SMILES string of the molecule is COc1ccc2c(c1)CN(c1nccc(-c3nccc(/C=C/c4ccnc(N)c4)n3)n1)C2. The van der Waals surface area contributed by atoms with E-state index >= 15 is 0 Å². The summed E-state index contributed by atoms with van der Waals surface area (Å²) in [6.07, 6.45) is 8.99. The van der Waals surface area contributed by atoms with Crippen molar-refractivity contribution >= 4 is 23.9 Å². The first-order valence-electron chi connectivity index (χ1n) is 10.1. The predicted octanol–water partition coefficient (Wildman–Crippen LogP) is 3.61. The number of benzene rings is 1. The Balaban J connectivity index is 1.37. The van der Waals surface area contributed by atoms with E-state index in [-0.39, 0.29) is 0 Å². The standard InChI is InChI=1S/C24H21N7O/c1-32-20-5-3-17-14-31(15-18(17)13-20)24-28-11-8-21(30-24)23-27-10-7-19(29-23)4-2-16-6-9-26-22(25)12-16/h2-13H,14-15H2,1H3,(H2,25,26)/b4-2+. The monoisotopic (exact) mass is 423 g/mol. The van der Waals surface area contributed by atoms with Gasteiger partial charge in [0.1, 0.15) is 17.3 Å². The van der Waals surface area contributed by atoms with Gasteiger partial charge in [0.05, 0.1) is 12.8 Å². The number of nitrogens with zero attached hydrogens (tertiary/aromatic N) is 6. The van der Waals surface area contributed by atoms with Crippen molar-refractivity contribution in [1.29, 1.82) is 0 Å². The van der Waals surface area contributed by atoms with E-state index in [0.717, 1.165) is 30.1 Å². The Morgan fingerprint density at radius 2 is 1.72 bits per heavy atom. The Morgan fingerprint density at radius 1 is 0.875 bits per heavy atom. The van der Waals surface area contributed by atoms with Crippen molar-refractivity contribution in [1.82, 2.24) is 24.9 Å². The fourth-order valence-corrected chi connectivity index (χ4v) is 3.60. The molecule has 8 nitrogen and oxygen atoms in total. The van der Waals surface area contributed by atoms with Crippen LogP contribution in [0.5, 0.6) is 5.75 Å². The van der Waals surface area contributed by atoms with Crippen molar-refractivity contribution in [3.63, 3.8) is 0 Å². The number of pyridine rings is 1. The van der Waals surface area contributed by atoms with Gasteiger partial charge in [-0.05, 0) is 59.2 Å². The Morgan fingerprint density at radius 3 is 2.59 bits per heavy atom. The third kappa shape index (κ3) is 4.11. The van der Waals surface area contributed by atoms with E-state index in [4.69, 9.17) is 15.5 Å². The maximum Gasteiger partial charge on any atom is 0.226 e. The zero-order chi connectivity index (χ0) is 21.9. The number of nitrogens with two attached hydrogens (primary N) is 1. The predicted molar refractivity (Wildman–Crippen MR) is 124 cm³/mol. The topological polar surface area (TPSA) is 103 Å². The Labute approximate surface area is 185 Å². The second-order valence-corrected chi connectivity index (χ2v) is 7.39. The van der Waals surface area contributed by atoms with Gasteiger partial charge in [-0.25, -0.2) is 24.9 Å². The molecular weight excluding hydrogens is 402 g/mol. The molecule has 4 heterocycles. The second-order valence-electron chi connectivity index (χ2n) is 7.39. The molecule has 0 aliphatic carbocycles. The van der Waals surface area contributed by atoms with E-state index in [0.29, 0.717) is 23.3 Å². The first kappa shape index (κ1) is 19.6. The average molecular weight is 423 g/mol. The van der Waals surface area contributed by atoms with Gasteiger partial charge in [0.2, 0.25) is 5.95 Å². The molecule has 0 radical (unpaired) electrons. The Kier molecular flexibility index (Phi) is 5.17. The third-order valence-corrected chi connectivity index (χ3v) is 5.22. The minimum atomic E-state index is 0.478.